The van der Waals surface area contributed by atoms with Gasteiger partial charge in [-0.25, -0.2) is 13.2 Å². The van der Waals surface area contributed by atoms with Crippen molar-refractivity contribution in [1.29, 1.82) is 0 Å². The molecule has 118 valence electrons. The molecule has 2 rings (SSSR count). The molecule has 0 aliphatic heterocycles. The van der Waals surface area contributed by atoms with Gasteiger partial charge in [0.05, 0.1) is 11.5 Å². The van der Waals surface area contributed by atoms with E-state index in [0.29, 0.717) is 0 Å². The molecule has 0 saturated heterocycles. The molecule has 1 heterocycles. The maximum absolute atomic E-state index is 12.3. The van der Waals surface area contributed by atoms with Crippen LogP contribution < -0.4 is 10.5 Å². The highest BCUT2D eigenvalue weighted by molar-refractivity contribution is 7.92. The Balaban J connectivity index is 2.34. The van der Waals surface area contributed by atoms with Crippen LogP contribution in [-0.2, 0) is 14.8 Å². The summed E-state index contributed by atoms with van der Waals surface area (Å²) in [5, 5.41) is 6.07. The number of benzene rings is 1. The third kappa shape index (κ3) is 3.19. The van der Waals surface area contributed by atoms with Gasteiger partial charge >= 0.3 is 5.97 Å². The third-order valence-corrected chi connectivity index (χ3v) is 4.19. The number of nitrogens with zero attached hydrogens (tertiary/aromatic N) is 1. The van der Waals surface area contributed by atoms with E-state index in [0.717, 1.165) is 5.56 Å². The predicted molar refractivity (Wildman–Crippen MR) is 80.9 cm³/mol. The standard InChI is InChI=1S/C13H16N4O4S/c1-3-21-13(18)10-11(14)15-16-12(10)17-22(19,20)9-6-4-8(2)5-7-9/h4-7H,3H2,1-2H3,(H4,14,15,16,17). The lowest BCUT2D eigenvalue weighted by Crippen LogP contribution is -2.16. The summed E-state index contributed by atoms with van der Waals surface area (Å²) in [7, 11) is -3.88. The number of sulfonamides is 1. The number of aromatic amines is 1. The Morgan fingerprint density at radius 3 is 2.59 bits per heavy atom. The number of nitrogens with two attached hydrogens (primary N) is 1. The first-order valence-corrected chi connectivity index (χ1v) is 7.94. The van der Waals surface area contributed by atoms with Crippen molar-refractivity contribution in [3.63, 3.8) is 0 Å². The number of carbonyl (C=O) groups excluding carboxylic acids is 1. The zero-order chi connectivity index (χ0) is 16.3. The number of ether oxygens (including phenoxy) is 1. The van der Waals surface area contributed by atoms with Crippen LogP contribution >= 0.6 is 0 Å². The average molecular weight is 324 g/mol. The second-order valence-corrected chi connectivity index (χ2v) is 6.18. The highest BCUT2D eigenvalue weighted by Gasteiger charge is 2.24. The minimum absolute atomic E-state index is 0.0504. The molecule has 2 aromatic rings. The van der Waals surface area contributed by atoms with Gasteiger partial charge in [-0.1, -0.05) is 17.7 Å². The summed E-state index contributed by atoms with van der Waals surface area (Å²) in [4.78, 5) is 11.9. The maximum Gasteiger partial charge on any atom is 0.345 e. The van der Waals surface area contributed by atoms with E-state index in [-0.39, 0.29) is 28.7 Å². The molecule has 0 spiro atoms. The van der Waals surface area contributed by atoms with Gasteiger partial charge in [0.1, 0.15) is 11.4 Å². The molecular weight excluding hydrogens is 308 g/mol. The number of rotatable bonds is 5. The molecule has 1 aromatic carbocycles. The van der Waals surface area contributed by atoms with Crippen LogP contribution in [0.15, 0.2) is 29.2 Å². The Morgan fingerprint density at radius 2 is 2.00 bits per heavy atom. The molecule has 0 unspecified atom stereocenters. The summed E-state index contributed by atoms with van der Waals surface area (Å²) in [5.41, 5.74) is 6.38. The molecule has 0 radical (unpaired) electrons. The van der Waals surface area contributed by atoms with Crippen LogP contribution in [-0.4, -0.2) is 31.2 Å². The van der Waals surface area contributed by atoms with Crippen molar-refractivity contribution in [2.24, 2.45) is 0 Å². The first kappa shape index (κ1) is 15.8. The van der Waals surface area contributed by atoms with Crippen LogP contribution in [0.3, 0.4) is 0 Å². The van der Waals surface area contributed by atoms with Gasteiger partial charge in [-0.2, -0.15) is 5.10 Å². The van der Waals surface area contributed by atoms with E-state index in [1.807, 2.05) is 6.92 Å². The van der Waals surface area contributed by atoms with Gasteiger partial charge in [-0.3, -0.25) is 9.82 Å². The van der Waals surface area contributed by atoms with Crippen molar-refractivity contribution < 1.29 is 17.9 Å². The fraction of sp³-hybridized carbons (Fsp3) is 0.231. The Labute approximate surface area is 127 Å². The lowest BCUT2D eigenvalue weighted by atomic mass is 10.2. The number of anilines is 2. The second-order valence-electron chi connectivity index (χ2n) is 4.50. The number of H-pyrrole nitrogens is 1. The SMILES string of the molecule is CCOC(=O)c1c(NS(=O)(=O)c2ccc(C)cc2)n[nH]c1N. The summed E-state index contributed by atoms with van der Waals surface area (Å²) >= 11 is 0. The molecule has 4 N–H and O–H groups in total. The summed E-state index contributed by atoms with van der Waals surface area (Å²) in [6.45, 7) is 3.61. The van der Waals surface area contributed by atoms with E-state index < -0.39 is 16.0 Å². The molecule has 0 atom stereocenters. The molecule has 8 nitrogen and oxygen atoms in total. The summed E-state index contributed by atoms with van der Waals surface area (Å²) < 4.78 is 31.7. The van der Waals surface area contributed by atoms with Crippen LogP contribution in [0.25, 0.3) is 0 Å². The Kier molecular flexibility index (Phi) is 4.36. The molecule has 0 amide bonds. The molecular formula is C13H16N4O4S. The topological polar surface area (TPSA) is 127 Å². The smallest absolute Gasteiger partial charge is 0.345 e. The van der Waals surface area contributed by atoms with E-state index in [1.165, 1.54) is 12.1 Å². The minimum atomic E-state index is -3.88. The molecule has 0 saturated carbocycles. The quantitative estimate of drug-likeness (QED) is 0.711. The van der Waals surface area contributed by atoms with Crippen LogP contribution in [0.4, 0.5) is 11.6 Å². The summed E-state index contributed by atoms with van der Waals surface area (Å²) in [6.07, 6.45) is 0. The fourth-order valence-corrected chi connectivity index (χ4v) is 2.76. The molecule has 22 heavy (non-hydrogen) atoms. The van der Waals surface area contributed by atoms with E-state index in [2.05, 4.69) is 14.9 Å². The number of nitrogen functional groups attached to an aromatic ring is 1. The van der Waals surface area contributed by atoms with Crippen molar-refractivity contribution in [2.45, 2.75) is 18.7 Å². The number of esters is 1. The van der Waals surface area contributed by atoms with Gasteiger partial charge in [-0.15, -0.1) is 0 Å². The second kappa shape index (κ2) is 6.06. The van der Waals surface area contributed by atoms with E-state index >= 15 is 0 Å². The lowest BCUT2D eigenvalue weighted by molar-refractivity contribution is 0.0529. The first-order valence-electron chi connectivity index (χ1n) is 6.45. The molecule has 0 fully saturated rings. The van der Waals surface area contributed by atoms with Gasteiger partial charge in [0.25, 0.3) is 10.0 Å². The Morgan fingerprint density at radius 1 is 1.36 bits per heavy atom. The number of aromatic nitrogens is 2. The predicted octanol–water partition coefficient (Wildman–Crippen LogP) is 1.28. The molecule has 0 aliphatic rings. The van der Waals surface area contributed by atoms with E-state index in [9.17, 15) is 13.2 Å². The number of nitrogens with one attached hydrogen (secondary N) is 2. The first-order chi connectivity index (χ1) is 10.3. The highest BCUT2D eigenvalue weighted by atomic mass is 32.2. The van der Waals surface area contributed by atoms with Gasteiger partial charge in [0.2, 0.25) is 0 Å². The van der Waals surface area contributed by atoms with Crippen LogP contribution in [0.2, 0.25) is 0 Å². The van der Waals surface area contributed by atoms with Gasteiger partial charge in [0.15, 0.2) is 5.82 Å². The van der Waals surface area contributed by atoms with Gasteiger partial charge < -0.3 is 10.5 Å². The normalized spacial score (nSPS) is 11.2. The average Bonchev–Trinajstić information content (AvgIpc) is 2.80. The van der Waals surface area contributed by atoms with Gasteiger partial charge in [-0.05, 0) is 26.0 Å². The van der Waals surface area contributed by atoms with E-state index in [4.69, 9.17) is 10.5 Å². The van der Waals surface area contributed by atoms with Crippen LogP contribution in [0, 0.1) is 6.92 Å². The number of carbonyl (C=O) groups is 1. The third-order valence-electron chi connectivity index (χ3n) is 2.84. The minimum Gasteiger partial charge on any atom is -0.462 e. The number of aryl methyl sites for hydroxylation is 1. The Bertz CT molecular complexity index is 781. The molecule has 0 aliphatic carbocycles. The van der Waals surface area contributed by atoms with Crippen molar-refractivity contribution in [1.82, 2.24) is 10.2 Å². The lowest BCUT2D eigenvalue weighted by Gasteiger charge is -2.08. The zero-order valence-electron chi connectivity index (χ0n) is 12.1. The fourth-order valence-electron chi connectivity index (χ4n) is 1.74. The monoisotopic (exact) mass is 324 g/mol. The van der Waals surface area contributed by atoms with Crippen LogP contribution in [0.1, 0.15) is 22.8 Å². The number of hydrogen-bond donors (Lipinski definition) is 3. The van der Waals surface area contributed by atoms with Crippen molar-refractivity contribution in [2.75, 3.05) is 17.1 Å². The van der Waals surface area contributed by atoms with Crippen molar-refractivity contribution >= 4 is 27.6 Å². The van der Waals surface area contributed by atoms with Crippen molar-refractivity contribution in [3.8, 4) is 0 Å². The maximum atomic E-state index is 12.3. The largest absolute Gasteiger partial charge is 0.462 e. The summed E-state index contributed by atoms with van der Waals surface area (Å²) in [6, 6.07) is 6.24. The summed E-state index contributed by atoms with van der Waals surface area (Å²) in [5.74, 6) is -1.02. The highest BCUT2D eigenvalue weighted by Crippen LogP contribution is 2.23. The molecule has 0 bridgehead atoms. The molecule has 1 aromatic heterocycles. The van der Waals surface area contributed by atoms with Crippen LogP contribution in [0.5, 0.6) is 0 Å². The molecule has 9 heteroatoms. The Hall–Kier alpha value is -2.55. The number of hydrogen-bond acceptors (Lipinski definition) is 6. The zero-order valence-corrected chi connectivity index (χ0v) is 12.9. The van der Waals surface area contributed by atoms with E-state index in [1.54, 1.807) is 19.1 Å². The van der Waals surface area contributed by atoms with Crippen molar-refractivity contribution in [3.05, 3.63) is 35.4 Å². The van der Waals surface area contributed by atoms with Gasteiger partial charge in [0, 0.05) is 0 Å².